The molecule has 2 aliphatic rings. The van der Waals surface area contributed by atoms with E-state index < -0.39 is 0 Å². The fourth-order valence-electron chi connectivity index (χ4n) is 4.13. The maximum atomic E-state index is 5.68. The maximum absolute atomic E-state index is 5.68. The summed E-state index contributed by atoms with van der Waals surface area (Å²) < 4.78 is 11.2. The van der Waals surface area contributed by atoms with Crippen LogP contribution in [0.25, 0.3) is 11.5 Å². The number of ether oxygens (including phenoxy) is 1. The van der Waals surface area contributed by atoms with E-state index in [-0.39, 0.29) is 0 Å². The van der Waals surface area contributed by atoms with Crippen molar-refractivity contribution in [3.05, 3.63) is 41.8 Å². The van der Waals surface area contributed by atoms with Gasteiger partial charge in [0.2, 0.25) is 5.89 Å². The highest BCUT2D eigenvalue weighted by molar-refractivity contribution is 5.80. The van der Waals surface area contributed by atoms with Crippen molar-refractivity contribution in [3.63, 3.8) is 0 Å². The van der Waals surface area contributed by atoms with Gasteiger partial charge in [-0.15, -0.1) is 0 Å². The van der Waals surface area contributed by atoms with Gasteiger partial charge in [-0.1, -0.05) is 17.7 Å². The summed E-state index contributed by atoms with van der Waals surface area (Å²) in [5.41, 5.74) is 3.18. The lowest BCUT2D eigenvalue weighted by Gasteiger charge is -2.32. The van der Waals surface area contributed by atoms with Gasteiger partial charge in [0.15, 0.2) is 5.96 Å². The Morgan fingerprint density at radius 2 is 2.00 bits per heavy atom. The molecular weight excluding hydrogens is 378 g/mol. The number of oxazole rings is 1. The Balaban J connectivity index is 1.33. The van der Waals surface area contributed by atoms with Crippen LogP contribution in [0.2, 0.25) is 0 Å². The van der Waals surface area contributed by atoms with Gasteiger partial charge in [0, 0.05) is 57.3 Å². The molecule has 0 bridgehead atoms. The van der Waals surface area contributed by atoms with Crippen LogP contribution in [-0.4, -0.2) is 79.3 Å². The van der Waals surface area contributed by atoms with E-state index in [2.05, 4.69) is 46.1 Å². The van der Waals surface area contributed by atoms with Gasteiger partial charge in [0.05, 0.1) is 18.9 Å². The molecule has 30 heavy (non-hydrogen) atoms. The molecule has 1 N–H and O–H groups in total. The number of nitrogens with zero attached hydrogens (tertiary/aromatic N) is 4. The Labute approximate surface area is 179 Å². The van der Waals surface area contributed by atoms with Crippen molar-refractivity contribution < 1.29 is 9.15 Å². The molecule has 2 aliphatic heterocycles. The van der Waals surface area contributed by atoms with Crippen molar-refractivity contribution in [1.82, 2.24) is 20.1 Å². The molecule has 162 valence electrons. The lowest BCUT2D eigenvalue weighted by Crippen LogP contribution is -2.46. The molecule has 2 fully saturated rings. The van der Waals surface area contributed by atoms with E-state index in [4.69, 9.17) is 14.1 Å². The molecule has 1 aromatic heterocycles. The number of benzene rings is 1. The first-order valence-corrected chi connectivity index (χ1v) is 11.1. The first-order chi connectivity index (χ1) is 14.7. The zero-order valence-electron chi connectivity index (χ0n) is 18.1. The first kappa shape index (κ1) is 20.9. The standard InChI is InChI=1S/C23H33N5O2/c1-3-24-23(28-11-9-21(16-28)27-12-14-29-15-13-27)25-10-8-20-17-30-22(26-20)19-6-4-18(2)5-7-19/h4-7,17,21H,3,8-16H2,1-2H3,(H,24,25). The fraction of sp³-hybridized carbons (Fsp3) is 0.565. The van der Waals surface area contributed by atoms with Crippen LogP contribution in [0.3, 0.4) is 0 Å². The quantitative estimate of drug-likeness (QED) is 0.582. The van der Waals surface area contributed by atoms with E-state index in [0.29, 0.717) is 18.5 Å². The molecule has 2 saturated heterocycles. The molecule has 0 saturated carbocycles. The minimum Gasteiger partial charge on any atom is -0.444 e. The number of guanidine groups is 1. The highest BCUT2D eigenvalue weighted by Crippen LogP contribution is 2.20. The fourth-order valence-corrected chi connectivity index (χ4v) is 4.13. The monoisotopic (exact) mass is 411 g/mol. The predicted octanol–water partition coefficient (Wildman–Crippen LogP) is 2.56. The van der Waals surface area contributed by atoms with E-state index in [9.17, 15) is 0 Å². The van der Waals surface area contributed by atoms with Crippen LogP contribution < -0.4 is 5.32 Å². The Morgan fingerprint density at radius 1 is 1.20 bits per heavy atom. The third-order valence-electron chi connectivity index (χ3n) is 5.84. The molecule has 0 aliphatic carbocycles. The number of aliphatic imine (C=N–C) groups is 1. The number of hydrogen-bond acceptors (Lipinski definition) is 5. The van der Waals surface area contributed by atoms with Crippen LogP contribution in [0.1, 0.15) is 24.6 Å². The smallest absolute Gasteiger partial charge is 0.226 e. The second kappa shape index (κ2) is 10.1. The van der Waals surface area contributed by atoms with Crippen molar-refractivity contribution >= 4 is 5.96 Å². The number of rotatable bonds is 6. The number of nitrogens with one attached hydrogen (secondary N) is 1. The second-order valence-electron chi connectivity index (χ2n) is 8.03. The summed E-state index contributed by atoms with van der Waals surface area (Å²) >= 11 is 0. The number of likely N-dealkylation sites (tertiary alicyclic amines) is 1. The SMILES string of the molecule is CCNC(=NCCc1coc(-c2ccc(C)cc2)n1)N1CCC(N2CCOCC2)C1. The molecular formula is C23H33N5O2. The zero-order chi connectivity index (χ0) is 20.8. The third kappa shape index (κ3) is 5.21. The van der Waals surface area contributed by atoms with Gasteiger partial charge in [-0.3, -0.25) is 9.89 Å². The molecule has 1 aromatic carbocycles. The molecule has 4 rings (SSSR count). The molecule has 1 atom stereocenters. The van der Waals surface area contributed by atoms with E-state index in [0.717, 1.165) is 69.6 Å². The molecule has 0 spiro atoms. The van der Waals surface area contributed by atoms with Crippen LogP contribution in [-0.2, 0) is 11.2 Å². The van der Waals surface area contributed by atoms with Crippen LogP contribution in [0.4, 0.5) is 0 Å². The summed E-state index contributed by atoms with van der Waals surface area (Å²) in [5.74, 6) is 1.68. The van der Waals surface area contributed by atoms with Gasteiger partial charge in [0.1, 0.15) is 6.26 Å². The lowest BCUT2D eigenvalue weighted by molar-refractivity contribution is 0.0195. The summed E-state index contributed by atoms with van der Waals surface area (Å²) in [4.78, 5) is 14.5. The second-order valence-corrected chi connectivity index (χ2v) is 8.03. The summed E-state index contributed by atoms with van der Waals surface area (Å²) in [6.07, 6.45) is 3.71. The number of aromatic nitrogens is 1. The largest absolute Gasteiger partial charge is 0.444 e. The molecule has 7 heteroatoms. The van der Waals surface area contributed by atoms with E-state index in [1.165, 1.54) is 12.0 Å². The van der Waals surface area contributed by atoms with Crippen molar-refractivity contribution in [1.29, 1.82) is 0 Å². The highest BCUT2D eigenvalue weighted by atomic mass is 16.5. The molecule has 0 amide bonds. The summed E-state index contributed by atoms with van der Waals surface area (Å²) in [6.45, 7) is 11.6. The summed E-state index contributed by atoms with van der Waals surface area (Å²) in [7, 11) is 0. The molecule has 3 heterocycles. The average molecular weight is 412 g/mol. The minimum absolute atomic E-state index is 0.602. The third-order valence-corrected chi connectivity index (χ3v) is 5.84. The van der Waals surface area contributed by atoms with E-state index in [1.807, 2.05) is 12.1 Å². The maximum Gasteiger partial charge on any atom is 0.226 e. The molecule has 7 nitrogen and oxygen atoms in total. The van der Waals surface area contributed by atoms with Gasteiger partial charge >= 0.3 is 0 Å². The van der Waals surface area contributed by atoms with Gasteiger partial charge in [-0.2, -0.15) is 0 Å². The normalized spacial score (nSPS) is 20.7. The van der Waals surface area contributed by atoms with Crippen LogP contribution >= 0.6 is 0 Å². The lowest BCUT2D eigenvalue weighted by atomic mass is 10.1. The van der Waals surface area contributed by atoms with Gasteiger partial charge in [-0.05, 0) is 32.4 Å². The van der Waals surface area contributed by atoms with Gasteiger partial charge < -0.3 is 19.4 Å². The Morgan fingerprint density at radius 3 is 2.77 bits per heavy atom. The van der Waals surface area contributed by atoms with Crippen LogP contribution in [0.5, 0.6) is 0 Å². The van der Waals surface area contributed by atoms with Crippen molar-refractivity contribution in [2.24, 2.45) is 4.99 Å². The predicted molar refractivity (Wildman–Crippen MR) is 119 cm³/mol. The minimum atomic E-state index is 0.602. The first-order valence-electron chi connectivity index (χ1n) is 11.1. The van der Waals surface area contributed by atoms with Crippen molar-refractivity contribution in [2.45, 2.75) is 32.7 Å². The molecule has 2 aromatic rings. The van der Waals surface area contributed by atoms with Crippen molar-refractivity contribution in [2.75, 3.05) is 52.5 Å². The molecule has 1 unspecified atom stereocenters. The van der Waals surface area contributed by atoms with Gasteiger partial charge in [-0.25, -0.2) is 4.98 Å². The Hall–Kier alpha value is -2.38. The van der Waals surface area contributed by atoms with Crippen LogP contribution in [0.15, 0.2) is 39.9 Å². The summed E-state index contributed by atoms with van der Waals surface area (Å²) in [5, 5.41) is 3.46. The number of morpholine rings is 1. The van der Waals surface area contributed by atoms with Gasteiger partial charge in [0.25, 0.3) is 0 Å². The zero-order valence-corrected chi connectivity index (χ0v) is 18.1. The summed E-state index contributed by atoms with van der Waals surface area (Å²) in [6, 6.07) is 8.85. The van der Waals surface area contributed by atoms with Crippen LogP contribution in [0, 0.1) is 6.92 Å². The number of aryl methyl sites for hydroxylation is 1. The van der Waals surface area contributed by atoms with E-state index >= 15 is 0 Å². The van der Waals surface area contributed by atoms with E-state index in [1.54, 1.807) is 6.26 Å². The Kier molecular flexibility index (Phi) is 7.02. The van der Waals surface area contributed by atoms with Crippen molar-refractivity contribution in [3.8, 4) is 11.5 Å². The topological polar surface area (TPSA) is 66.1 Å². The number of hydrogen-bond donors (Lipinski definition) is 1. The Bertz CT molecular complexity index is 826. The highest BCUT2D eigenvalue weighted by Gasteiger charge is 2.30. The molecule has 0 radical (unpaired) electrons. The average Bonchev–Trinajstić information content (AvgIpc) is 3.45.